The van der Waals surface area contributed by atoms with Gasteiger partial charge in [-0.05, 0) is 24.6 Å². The number of nitrogens with zero attached hydrogens (tertiary/aromatic N) is 3. The molecular formula is C22H18N4O. The standard InChI is InChI=1S/C22H18N4O/c1-15(26-27)16-7-9-17(10-8-16)20-21(18-11-13-23-14-12-18)25-22(24-20)19-5-3-2-4-6-19/h2-14,27H,1H3,(H,24,25)/b26-15+. The van der Waals surface area contributed by atoms with E-state index in [1.165, 1.54) is 0 Å². The lowest BCUT2D eigenvalue weighted by Crippen LogP contribution is -1.94. The second kappa shape index (κ2) is 7.25. The number of imidazole rings is 1. The first-order valence-electron chi connectivity index (χ1n) is 8.61. The molecule has 0 unspecified atom stereocenters. The van der Waals surface area contributed by atoms with Gasteiger partial charge in [-0.3, -0.25) is 4.98 Å². The van der Waals surface area contributed by atoms with Crippen LogP contribution in [0.2, 0.25) is 0 Å². The van der Waals surface area contributed by atoms with Crippen LogP contribution in [0.15, 0.2) is 84.3 Å². The maximum absolute atomic E-state index is 8.96. The van der Waals surface area contributed by atoms with Crippen molar-refractivity contribution in [3.05, 3.63) is 84.7 Å². The Labute approximate surface area is 157 Å². The molecule has 2 N–H and O–H groups in total. The molecule has 2 heterocycles. The molecule has 4 aromatic rings. The molecule has 0 aliphatic rings. The van der Waals surface area contributed by atoms with Gasteiger partial charge in [-0.2, -0.15) is 0 Å². The monoisotopic (exact) mass is 354 g/mol. The van der Waals surface area contributed by atoms with Crippen LogP contribution < -0.4 is 0 Å². The summed E-state index contributed by atoms with van der Waals surface area (Å²) >= 11 is 0. The molecular weight excluding hydrogens is 336 g/mol. The lowest BCUT2D eigenvalue weighted by atomic mass is 10.0. The van der Waals surface area contributed by atoms with Crippen LogP contribution in [0.25, 0.3) is 33.9 Å². The van der Waals surface area contributed by atoms with E-state index in [2.05, 4.69) is 15.1 Å². The third-order valence-electron chi connectivity index (χ3n) is 4.45. The van der Waals surface area contributed by atoms with Crippen molar-refractivity contribution >= 4 is 5.71 Å². The SMILES string of the molecule is C/C(=N\O)c1ccc(-c2nc(-c3ccccc3)[nH]c2-c2ccncc2)cc1. The maximum atomic E-state index is 8.96. The van der Waals surface area contributed by atoms with Gasteiger partial charge < -0.3 is 10.2 Å². The molecule has 0 saturated carbocycles. The van der Waals surface area contributed by atoms with E-state index in [0.29, 0.717) is 5.71 Å². The normalized spacial score (nSPS) is 11.5. The predicted molar refractivity (Wildman–Crippen MR) is 107 cm³/mol. The Bertz CT molecular complexity index is 1070. The number of rotatable bonds is 4. The van der Waals surface area contributed by atoms with Gasteiger partial charge in [0.1, 0.15) is 5.82 Å². The topological polar surface area (TPSA) is 74.2 Å². The molecule has 5 nitrogen and oxygen atoms in total. The van der Waals surface area contributed by atoms with Crippen LogP contribution in [0.3, 0.4) is 0 Å². The number of pyridine rings is 1. The fourth-order valence-electron chi connectivity index (χ4n) is 2.97. The van der Waals surface area contributed by atoms with Gasteiger partial charge >= 0.3 is 0 Å². The zero-order valence-corrected chi connectivity index (χ0v) is 14.8. The first kappa shape index (κ1) is 16.7. The molecule has 0 fully saturated rings. The van der Waals surface area contributed by atoms with E-state index >= 15 is 0 Å². The van der Waals surface area contributed by atoms with Crippen LogP contribution in [0.4, 0.5) is 0 Å². The number of oxime groups is 1. The Hall–Kier alpha value is -3.73. The number of benzene rings is 2. The summed E-state index contributed by atoms with van der Waals surface area (Å²) in [6, 6.07) is 21.8. The highest BCUT2D eigenvalue weighted by Gasteiger charge is 2.15. The Balaban J connectivity index is 1.85. The minimum Gasteiger partial charge on any atom is -0.411 e. The van der Waals surface area contributed by atoms with Crippen molar-refractivity contribution < 1.29 is 5.21 Å². The smallest absolute Gasteiger partial charge is 0.138 e. The number of aromatic nitrogens is 3. The molecule has 0 saturated heterocycles. The van der Waals surface area contributed by atoms with Crippen LogP contribution >= 0.6 is 0 Å². The van der Waals surface area contributed by atoms with Crippen molar-refractivity contribution in [1.82, 2.24) is 15.0 Å². The molecule has 27 heavy (non-hydrogen) atoms. The lowest BCUT2D eigenvalue weighted by Gasteiger charge is -2.04. The first-order valence-corrected chi connectivity index (χ1v) is 8.61. The quantitative estimate of drug-likeness (QED) is 0.307. The maximum Gasteiger partial charge on any atom is 0.138 e. The van der Waals surface area contributed by atoms with E-state index in [9.17, 15) is 0 Å². The number of hydrogen-bond donors (Lipinski definition) is 2. The highest BCUT2D eigenvalue weighted by atomic mass is 16.4. The molecule has 0 radical (unpaired) electrons. The Morgan fingerprint density at radius 3 is 2.22 bits per heavy atom. The van der Waals surface area contributed by atoms with Crippen LogP contribution in [0.5, 0.6) is 0 Å². The number of aromatic amines is 1. The van der Waals surface area contributed by atoms with Crippen molar-refractivity contribution in [2.45, 2.75) is 6.92 Å². The van der Waals surface area contributed by atoms with Crippen molar-refractivity contribution in [3.8, 4) is 33.9 Å². The predicted octanol–water partition coefficient (Wildman–Crippen LogP) is 5.00. The average molecular weight is 354 g/mol. The number of H-pyrrole nitrogens is 1. The summed E-state index contributed by atoms with van der Waals surface area (Å²) in [7, 11) is 0. The molecule has 0 bridgehead atoms. The summed E-state index contributed by atoms with van der Waals surface area (Å²) in [5.41, 5.74) is 6.27. The molecule has 4 rings (SSSR count). The van der Waals surface area contributed by atoms with E-state index < -0.39 is 0 Å². The molecule has 2 aromatic carbocycles. The fourth-order valence-corrected chi connectivity index (χ4v) is 2.97. The zero-order chi connectivity index (χ0) is 18.6. The molecule has 0 atom stereocenters. The molecule has 0 aliphatic carbocycles. The lowest BCUT2D eigenvalue weighted by molar-refractivity contribution is 0.319. The third-order valence-corrected chi connectivity index (χ3v) is 4.45. The molecule has 2 aromatic heterocycles. The van der Waals surface area contributed by atoms with Gasteiger partial charge in [-0.25, -0.2) is 4.98 Å². The number of hydrogen-bond acceptors (Lipinski definition) is 4. The van der Waals surface area contributed by atoms with E-state index in [1.807, 2.05) is 66.7 Å². The minimum absolute atomic E-state index is 0.572. The van der Waals surface area contributed by atoms with E-state index in [4.69, 9.17) is 10.2 Å². The van der Waals surface area contributed by atoms with Gasteiger partial charge in [0.25, 0.3) is 0 Å². The minimum atomic E-state index is 0.572. The largest absolute Gasteiger partial charge is 0.411 e. The number of nitrogens with one attached hydrogen (secondary N) is 1. The highest BCUT2D eigenvalue weighted by Crippen LogP contribution is 2.32. The van der Waals surface area contributed by atoms with Crippen LogP contribution in [0, 0.1) is 0 Å². The summed E-state index contributed by atoms with van der Waals surface area (Å²) in [4.78, 5) is 12.4. The Kier molecular flexibility index (Phi) is 4.49. The zero-order valence-electron chi connectivity index (χ0n) is 14.8. The summed E-state index contributed by atoms with van der Waals surface area (Å²) in [5.74, 6) is 0.814. The van der Waals surface area contributed by atoms with E-state index in [1.54, 1.807) is 19.3 Å². The first-order chi connectivity index (χ1) is 13.3. The van der Waals surface area contributed by atoms with Crippen LogP contribution in [-0.2, 0) is 0 Å². The van der Waals surface area contributed by atoms with Gasteiger partial charge in [0.15, 0.2) is 0 Å². The third kappa shape index (κ3) is 3.35. The molecule has 0 spiro atoms. The summed E-state index contributed by atoms with van der Waals surface area (Å²) < 4.78 is 0. The summed E-state index contributed by atoms with van der Waals surface area (Å²) in [5, 5.41) is 12.2. The summed E-state index contributed by atoms with van der Waals surface area (Å²) in [6.07, 6.45) is 3.54. The summed E-state index contributed by atoms with van der Waals surface area (Å²) in [6.45, 7) is 1.76. The Morgan fingerprint density at radius 2 is 1.56 bits per heavy atom. The Morgan fingerprint density at radius 1 is 0.852 bits per heavy atom. The highest BCUT2D eigenvalue weighted by molar-refractivity contribution is 5.98. The van der Waals surface area contributed by atoms with Crippen molar-refractivity contribution in [3.63, 3.8) is 0 Å². The molecule has 5 heteroatoms. The fraction of sp³-hybridized carbons (Fsp3) is 0.0455. The molecule has 0 amide bonds. The van der Waals surface area contributed by atoms with Gasteiger partial charge in [0, 0.05) is 29.1 Å². The van der Waals surface area contributed by atoms with Gasteiger partial charge in [-0.1, -0.05) is 59.8 Å². The van der Waals surface area contributed by atoms with Crippen molar-refractivity contribution in [2.75, 3.05) is 0 Å². The second-order valence-electron chi connectivity index (χ2n) is 6.17. The van der Waals surface area contributed by atoms with Crippen LogP contribution in [0.1, 0.15) is 12.5 Å². The average Bonchev–Trinajstić information content (AvgIpc) is 3.20. The van der Waals surface area contributed by atoms with Crippen molar-refractivity contribution in [2.24, 2.45) is 5.16 Å². The molecule has 0 aliphatic heterocycles. The molecule has 132 valence electrons. The van der Waals surface area contributed by atoms with E-state index in [0.717, 1.165) is 39.5 Å². The van der Waals surface area contributed by atoms with Crippen LogP contribution in [-0.4, -0.2) is 25.9 Å². The second-order valence-corrected chi connectivity index (χ2v) is 6.17. The van der Waals surface area contributed by atoms with Crippen molar-refractivity contribution in [1.29, 1.82) is 0 Å². The van der Waals surface area contributed by atoms with Gasteiger partial charge in [-0.15, -0.1) is 0 Å². The van der Waals surface area contributed by atoms with Gasteiger partial charge in [0.2, 0.25) is 0 Å². The van der Waals surface area contributed by atoms with E-state index in [-0.39, 0.29) is 0 Å². The van der Waals surface area contributed by atoms with Gasteiger partial charge in [0.05, 0.1) is 17.1 Å².